The zero-order chi connectivity index (χ0) is 24.3. The predicted octanol–water partition coefficient (Wildman–Crippen LogP) is 7.44. The molecule has 1 fully saturated rings. The predicted molar refractivity (Wildman–Crippen MR) is 133 cm³/mol. The molecule has 1 saturated carbocycles. The molecule has 3 rings (SSSR count). The van der Waals surface area contributed by atoms with Crippen molar-refractivity contribution in [1.82, 2.24) is 0 Å². The third-order valence-electron chi connectivity index (χ3n) is 6.50. The van der Waals surface area contributed by atoms with E-state index in [0.717, 1.165) is 31.6 Å². The van der Waals surface area contributed by atoms with Crippen LogP contribution in [0.1, 0.15) is 91.8 Å². The number of unbranched alkanes of at least 4 members (excludes halogenated alkanes) is 4. The molecule has 182 valence electrons. The molecule has 0 atom stereocenters. The van der Waals surface area contributed by atoms with E-state index in [2.05, 4.69) is 6.92 Å². The number of carbonyl (C=O) groups is 3. The van der Waals surface area contributed by atoms with E-state index < -0.39 is 5.97 Å². The Morgan fingerprint density at radius 3 is 2.24 bits per heavy atom. The maximum Gasteiger partial charge on any atom is 0.345 e. The molecule has 2 aromatic rings. The Kier molecular flexibility index (Phi) is 10.1. The molecule has 0 radical (unpaired) electrons. The molecule has 2 aromatic carbocycles. The van der Waals surface area contributed by atoms with Crippen molar-refractivity contribution in [3.8, 4) is 11.5 Å². The fraction of sp³-hybridized carbons (Fsp3) is 0.464. The fourth-order valence-corrected chi connectivity index (χ4v) is 4.67. The Hall–Kier alpha value is -2.66. The lowest BCUT2D eigenvalue weighted by Gasteiger charge is -2.27. The van der Waals surface area contributed by atoms with Crippen molar-refractivity contribution in [2.24, 2.45) is 11.8 Å². The second-order valence-electron chi connectivity index (χ2n) is 9.06. The minimum atomic E-state index is -0.630. The van der Waals surface area contributed by atoms with E-state index in [-0.39, 0.29) is 22.5 Å². The van der Waals surface area contributed by atoms with Crippen LogP contribution in [0, 0.1) is 11.8 Å². The van der Waals surface area contributed by atoms with Crippen LogP contribution in [-0.4, -0.2) is 18.2 Å². The Morgan fingerprint density at radius 2 is 1.59 bits per heavy atom. The molecule has 6 heteroatoms. The van der Waals surface area contributed by atoms with Crippen LogP contribution in [0.15, 0.2) is 42.5 Å². The zero-order valence-corrected chi connectivity index (χ0v) is 20.5. The number of carbonyl (C=O) groups excluding carboxylic acids is 3. The van der Waals surface area contributed by atoms with Gasteiger partial charge in [0.05, 0.1) is 16.5 Å². The first-order valence-corrected chi connectivity index (χ1v) is 12.7. The summed E-state index contributed by atoms with van der Waals surface area (Å²) in [5.41, 5.74) is 0.653. The molecule has 1 aliphatic carbocycles. The third kappa shape index (κ3) is 7.69. The summed E-state index contributed by atoms with van der Waals surface area (Å²) in [6.45, 7) is 2.23. The number of ether oxygens (including phenoxy) is 2. The topological polar surface area (TPSA) is 69.7 Å². The number of hydrogen-bond donors (Lipinski definition) is 0. The fourth-order valence-electron chi connectivity index (χ4n) is 4.42. The van der Waals surface area contributed by atoms with Gasteiger partial charge in [0, 0.05) is 11.6 Å². The van der Waals surface area contributed by atoms with Crippen LogP contribution in [-0.2, 0) is 4.79 Å². The molecule has 0 amide bonds. The quantitative estimate of drug-likeness (QED) is 0.143. The summed E-state index contributed by atoms with van der Waals surface area (Å²) in [7, 11) is 0. The average Bonchev–Trinajstić information content (AvgIpc) is 2.84. The van der Waals surface area contributed by atoms with Crippen LogP contribution in [0.5, 0.6) is 11.5 Å². The molecule has 0 unspecified atom stereocenters. The van der Waals surface area contributed by atoms with E-state index in [4.69, 9.17) is 21.1 Å². The van der Waals surface area contributed by atoms with Crippen LogP contribution in [0.4, 0.5) is 0 Å². The molecule has 34 heavy (non-hydrogen) atoms. The van der Waals surface area contributed by atoms with Crippen molar-refractivity contribution >= 4 is 29.8 Å². The first-order chi connectivity index (χ1) is 16.5. The maximum absolute atomic E-state index is 12.6. The number of esters is 2. The first kappa shape index (κ1) is 26.0. The number of halogens is 1. The van der Waals surface area contributed by atoms with E-state index in [9.17, 15) is 14.4 Å². The van der Waals surface area contributed by atoms with Crippen molar-refractivity contribution in [2.75, 3.05) is 0 Å². The monoisotopic (exact) mass is 484 g/mol. The molecule has 0 aliphatic heterocycles. The molecular formula is C28H33ClO5. The molecule has 5 nitrogen and oxygen atoms in total. The Balaban J connectivity index is 1.47. The lowest BCUT2D eigenvalue weighted by Crippen LogP contribution is -2.25. The molecular weight excluding hydrogens is 452 g/mol. The SMILES string of the molecule is CCCCCCC[C@H]1CC[C@H](C(=O)Oc2ccc(C(=O)Oc3ccc(C=O)cc3)c(Cl)c2)CC1. The second-order valence-corrected chi connectivity index (χ2v) is 9.47. The summed E-state index contributed by atoms with van der Waals surface area (Å²) >= 11 is 6.27. The van der Waals surface area contributed by atoms with Crippen molar-refractivity contribution in [3.05, 3.63) is 58.6 Å². The first-order valence-electron chi connectivity index (χ1n) is 12.3. The van der Waals surface area contributed by atoms with Gasteiger partial charge in [-0.15, -0.1) is 0 Å². The van der Waals surface area contributed by atoms with Crippen molar-refractivity contribution in [2.45, 2.75) is 71.1 Å². The highest BCUT2D eigenvalue weighted by molar-refractivity contribution is 6.33. The van der Waals surface area contributed by atoms with Crippen LogP contribution >= 0.6 is 11.6 Å². The average molecular weight is 485 g/mol. The minimum Gasteiger partial charge on any atom is -0.426 e. The van der Waals surface area contributed by atoms with E-state index in [1.54, 1.807) is 18.2 Å². The minimum absolute atomic E-state index is 0.0888. The van der Waals surface area contributed by atoms with Crippen LogP contribution < -0.4 is 9.47 Å². The van der Waals surface area contributed by atoms with Gasteiger partial charge in [0.15, 0.2) is 0 Å². The summed E-state index contributed by atoms with van der Waals surface area (Å²) in [5, 5.41) is 0.145. The van der Waals surface area contributed by atoms with Gasteiger partial charge in [-0.05, 0) is 68.0 Å². The Bertz CT molecular complexity index is 961. The third-order valence-corrected chi connectivity index (χ3v) is 6.81. The summed E-state index contributed by atoms with van der Waals surface area (Å²) in [4.78, 5) is 35.8. The van der Waals surface area contributed by atoms with Crippen molar-refractivity contribution < 1.29 is 23.9 Å². The summed E-state index contributed by atoms with van der Waals surface area (Å²) in [6.07, 6.45) is 12.4. The van der Waals surface area contributed by atoms with E-state index in [1.165, 1.54) is 62.8 Å². The molecule has 0 spiro atoms. The van der Waals surface area contributed by atoms with Gasteiger partial charge in [-0.2, -0.15) is 0 Å². The zero-order valence-electron chi connectivity index (χ0n) is 19.8. The number of rotatable bonds is 11. The number of benzene rings is 2. The lowest BCUT2D eigenvalue weighted by atomic mass is 9.80. The number of aldehydes is 1. The maximum atomic E-state index is 12.6. The smallest absolute Gasteiger partial charge is 0.345 e. The van der Waals surface area contributed by atoms with Gasteiger partial charge in [0.25, 0.3) is 0 Å². The molecule has 0 heterocycles. The van der Waals surface area contributed by atoms with Gasteiger partial charge in [0.1, 0.15) is 17.8 Å². The van der Waals surface area contributed by atoms with Gasteiger partial charge in [-0.3, -0.25) is 9.59 Å². The Morgan fingerprint density at radius 1 is 0.912 bits per heavy atom. The van der Waals surface area contributed by atoms with E-state index >= 15 is 0 Å². The van der Waals surface area contributed by atoms with Crippen LogP contribution in [0.3, 0.4) is 0 Å². The Labute approximate surface area is 206 Å². The van der Waals surface area contributed by atoms with E-state index in [0.29, 0.717) is 23.3 Å². The van der Waals surface area contributed by atoms with E-state index in [1.807, 2.05) is 0 Å². The lowest BCUT2D eigenvalue weighted by molar-refractivity contribution is -0.140. The van der Waals surface area contributed by atoms with Crippen molar-refractivity contribution in [1.29, 1.82) is 0 Å². The van der Waals surface area contributed by atoms with Gasteiger partial charge in [0.2, 0.25) is 0 Å². The van der Waals surface area contributed by atoms with Crippen LogP contribution in [0.2, 0.25) is 5.02 Å². The summed E-state index contributed by atoms with van der Waals surface area (Å²) in [5.74, 6) is 0.394. The standard InChI is InChI=1S/C28H33ClO5/c1-2-3-4-5-6-7-20-8-12-22(13-9-20)27(31)34-24-16-17-25(26(29)18-24)28(32)33-23-14-10-21(19-30)11-15-23/h10-11,14-20,22H,2-9,12-13H2,1H3/t20-,22-. The number of hydrogen-bond acceptors (Lipinski definition) is 5. The normalized spacial score (nSPS) is 17.7. The van der Waals surface area contributed by atoms with Crippen molar-refractivity contribution in [3.63, 3.8) is 0 Å². The highest BCUT2D eigenvalue weighted by Gasteiger charge is 2.27. The summed E-state index contributed by atoms with van der Waals surface area (Å²) in [6, 6.07) is 10.7. The van der Waals surface area contributed by atoms with Crippen LogP contribution in [0.25, 0.3) is 0 Å². The highest BCUT2D eigenvalue weighted by Crippen LogP contribution is 2.33. The largest absolute Gasteiger partial charge is 0.426 e. The van der Waals surface area contributed by atoms with Gasteiger partial charge < -0.3 is 9.47 Å². The van der Waals surface area contributed by atoms with Gasteiger partial charge in [-0.25, -0.2) is 4.79 Å². The highest BCUT2D eigenvalue weighted by atomic mass is 35.5. The molecule has 1 aliphatic rings. The van der Waals surface area contributed by atoms with Gasteiger partial charge >= 0.3 is 11.9 Å². The van der Waals surface area contributed by atoms with Gasteiger partial charge in [-0.1, -0.05) is 57.0 Å². The summed E-state index contributed by atoms with van der Waals surface area (Å²) < 4.78 is 10.9. The second kappa shape index (κ2) is 13.3. The molecule has 0 saturated heterocycles. The molecule has 0 aromatic heterocycles. The molecule has 0 bridgehead atoms. The molecule has 0 N–H and O–H groups in total.